The molecule has 88 valence electrons. The van der Waals surface area contributed by atoms with Crippen molar-refractivity contribution in [2.45, 2.75) is 45.4 Å². The zero-order valence-electron chi connectivity index (χ0n) is 9.67. The first kappa shape index (κ1) is 12.5. The number of carbonyl (C=O) groups excluding carboxylic acids is 1. The Hall–Kier alpha value is -0.570. The van der Waals surface area contributed by atoms with Crippen molar-refractivity contribution in [3.05, 3.63) is 0 Å². The highest BCUT2D eigenvalue weighted by Crippen LogP contribution is 2.21. The summed E-state index contributed by atoms with van der Waals surface area (Å²) in [5.41, 5.74) is 0. The maximum absolute atomic E-state index is 11.1. The van der Waals surface area contributed by atoms with Gasteiger partial charge < -0.3 is 9.47 Å². The van der Waals surface area contributed by atoms with Crippen LogP contribution in [0.25, 0.3) is 0 Å². The fourth-order valence-electron chi connectivity index (χ4n) is 1.97. The third-order valence-corrected chi connectivity index (χ3v) is 2.89. The van der Waals surface area contributed by atoms with Crippen molar-refractivity contribution in [3.63, 3.8) is 0 Å². The highest BCUT2D eigenvalue weighted by atomic mass is 16.5. The van der Waals surface area contributed by atoms with Crippen LogP contribution < -0.4 is 0 Å². The average Bonchev–Trinajstić information content (AvgIpc) is 2.26. The summed E-state index contributed by atoms with van der Waals surface area (Å²) in [5, 5.41) is 0. The molecular formula is C12H22O3. The quantitative estimate of drug-likeness (QED) is 0.503. The second-order valence-corrected chi connectivity index (χ2v) is 4.11. The molecule has 3 heteroatoms. The van der Waals surface area contributed by atoms with Crippen molar-refractivity contribution >= 4 is 5.97 Å². The summed E-state index contributed by atoms with van der Waals surface area (Å²) in [4.78, 5) is 11.1. The van der Waals surface area contributed by atoms with Gasteiger partial charge in [-0.25, -0.2) is 0 Å². The van der Waals surface area contributed by atoms with Gasteiger partial charge in [0.2, 0.25) is 0 Å². The molecule has 0 unspecified atom stereocenters. The molecule has 3 nitrogen and oxygen atoms in total. The molecule has 0 radical (unpaired) electrons. The summed E-state index contributed by atoms with van der Waals surface area (Å²) < 4.78 is 10.2. The summed E-state index contributed by atoms with van der Waals surface area (Å²) in [6.07, 6.45) is 6.32. The zero-order valence-corrected chi connectivity index (χ0v) is 9.67. The van der Waals surface area contributed by atoms with Crippen molar-refractivity contribution < 1.29 is 14.3 Å². The number of ether oxygens (including phenoxy) is 2. The van der Waals surface area contributed by atoms with Crippen LogP contribution in [0.2, 0.25) is 0 Å². The Morgan fingerprint density at radius 1 is 1.33 bits per heavy atom. The van der Waals surface area contributed by atoms with E-state index in [0.717, 1.165) is 32.0 Å². The molecule has 1 saturated heterocycles. The fourth-order valence-corrected chi connectivity index (χ4v) is 1.97. The number of esters is 1. The van der Waals surface area contributed by atoms with Gasteiger partial charge in [0.1, 0.15) is 0 Å². The summed E-state index contributed by atoms with van der Waals surface area (Å²) in [6, 6.07) is 0. The van der Waals surface area contributed by atoms with E-state index in [1.165, 1.54) is 19.3 Å². The molecule has 1 fully saturated rings. The van der Waals surface area contributed by atoms with Crippen LogP contribution in [-0.2, 0) is 14.3 Å². The molecule has 0 bridgehead atoms. The third kappa shape index (κ3) is 5.78. The Labute approximate surface area is 92.1 Å². The van der Waals surface area contributed by atoms with Crippen molar-refractivity contribution in [2.75, 3.05) is 19.8 Å². The molecular weight excluding hydrogens is 192 g/mol. The minimum Gasteiger partial charge on any atom is -0.466 e. The van der Waals surface area contributed by atoms with E-state index in [4.69, 9.17) is 9.47 Å². The minimum atomic E-state index is -0.0514. The SMILES string of the molecule is CCOC(=O)CCCCC1CCOCC1. The molecule has 0 aliphatic carbocycles. The van der Waals surface area contributed by atoms with Crippen molar-refractivity contribution in [1.29, 1.82) is 0 Å². The number of rotatable bonds is 6. The van der Waals surface area contributed by atoms with E-state index in [1.54, 1.807) is 0 Å². The van der Waals surface area contributed by atoms with Gasteiger partial charge in [0.05, 0.1) is 6.61 Å². The lowest BCUT2D eigenvalue weighted by atomic mass is 9.94. The van der Waals surface area contributed by atoms with Gasteiger partial charge in [-0.05, 0) is 32.1 Å². The molecule has 0 spiro atoms. The second kappa shape index (κ2) is 7.69. The molecule has 0 aromatic heterocycles. The van der Waals surface area contributed by atoms with Gasteiger partial charge in [0.15, 0.2) is 0 Å². The van der Waals surface area contributed by atoms with E-state index in [9.17, 15) is 4.79 Å². The van der Waals surface area contributed by atoms with Gasteiger partial charge in [-0.15, -0.1) is 0 Å². The number of hydrogen-bond acceptors (Lipinski definition) is 3. The number of carbonyl (C=O) groups is 1. The lowest BCUT2D eigenvalue weighted by Crippen LogP contribution is -2.15. The van der Waals surface area contributed by atoms with Crippen molar-refractivity contribution in [3.8, 4) is 0 Å². The predicted molar refractivity (Wildman–Crippen MR) is 58.6 cm³/mol. The van der Waals surface area contributed by atoms with Crippen LogP contribution in [0.1, 0.15) is 45.4 Å². The van der Waals surface area contributed by atoms with Crippen LogP contribution in [0, 0.1) is 5.92 Å². The van der Waals surface area contributed by atoms with E-state index in [-0.39, 0.29) is 5.97 Å². The summed E-state index contributed by atoms with van der Waals surface area (Å²) >= 11 is 0. The van der Waals surface area contributed by atoms with E-state index in [0.29, 0.717) is 13.0 Å². The average molecular weight is 214 g/mol. The molecule has 0 N–H and O–H groups in total. The van der Waals surface area contributed by atoms with Crippen LogP contribution in [0.5, 0.6) is 0 Å². The standard InChI is InChI=1S/C12H22O3/c1-2-15-12(13)6-4-3-5-11-7-9-14-10-8-11/h11H,2-10H2,1H3. The molecule has 0 amide bonds. The van der Waals surface area contributed by atoms with Crippen LogP contribution in [0.3, 0.4) is 0 Å². The normalized spacial score (nSPS) is 17.7. The van der Waals surface area contributed by atoms with Gasteiger partial charge in [-0.2, -0.15) is 0 Å². The van der Waals surface area contributed by atoms with Crippen LogP contribution >= 0.6 is 0 Å². The molecule has 0 atom stereocenters. The molecule has 0 aromatic carbocycles. The maximum Gasteiger partial charge on any atom is 0.305 e. The Morgan fingerprint density at radius 2 is 2.07 bits per heavy atom. The zero-order chi connectivity index (χ0) is 10.9. The van der Waals surface area contributed by atoms with Gasteiger partial charge in [0.25, 0.3) is 0 Å². The Kier molecular flexibility index (Phi) is 6.41. The van der Waals surface area contributed by atoms with Crippen LogP contribution in [-0.4, -0.2) is 25.8 Å². The molecule has 15 heavy (non-hydrogen) atoms. The number of unbranched alkanes of at least 4 members (excludes halogenated alkanes) is 1. The molecule has 0 aromatic rings. The first-order valence-corrected chi connectivity index (χ1v) is 6.06. The van der Waals surface area contributed by atoms with Crippen LogP contribution in [0.4, 0.5) is 0 Å². The van der Waals surface area contributed by atoms with Gasteiger partial charge in [-0.1, -0.05) is 12.8 Å². The molecule has 1 aliphatic heterocycles. The summed E-state index contributed by atoms with van der Waals surface area (Å²) in [6.45, 7) is 4.18. The van der Waals surface area contributed by atoms with E-state index in [2.05, 4.69) is 0 Å². The van der Waals surface area contributed by atoms with E-state index >= 15 is 0 Å². The fraction of sp³-hybridized carbons (Fsp3) is 0.917. The first-order valence-electron chi connectivity index (χ1n) is 6.06. The lowest BCUT2D eigenvalue weighted by Gasteiger charge is -2.21. The monoisotopic (exact) mass is 214 g/mol. The minimum absolute atomic E-state index is 0.0514. The second-order valence-electron chi connectivity index (χ2n) is 4.11. The maximum atomic E-state index is 11.1. The Morgan fingerprint density at radius 3 is 2.73 bits per heavy atom. The predicted octanol–water partition coefficient (Wildman–Crippen LogP) is 2.54. The lowest BCUT2D eigenvalue weighted by molar-refractivity contribution is -0.143. The van der Waals surface area contributed by atoms with E-state index in [1.807, 2.05) is 6.92 Å². The highest BCUT2D eigenvalue weighted by Gasteiger charge is 2.13. The smallest absolute Gasteiger partial charge is 0.305 e. The van der Waals surface area contributed by atoms with Crippen molar-refractivity contribution in [2.24, 2.45) is 5.92 Å². The van der Waals surface area contributed by atoms with Crippen molar-refractivity contribution in [1.82, 2.24) is 0 Å². The highest BCUT2D eigenvalue weighted by molar-refractivity contribution is 5.69. The largest absolute Gasteiger partial charge is 0.466 e. The molecule has 0 saturated carbocycles. The summed E-state index contributed by atoms with van der Waals surface area (Å²) in [5.74, 6) is 0.769. The Balaban J connectivity index is 1.93. The molecule has 1 aliphatic rings. The third-order valence-electron chi connectivity index (χ3n) is 2.89. The Bertz CT molecular complexity index is 174. The molecule has 1 heterocycles. The summed E-state index contributed by atoms with van der Waals surface area (Å²) in [7, 11) is 0. The number of hydrogen-bond donors (Lipinski definition) is 0. The topological polar surface area (TPSA) is 35.5 Å². The van der Waals surface area contributed by atoms with E-state index < -0.39 is 0 Å². The first-order chi connectivity index (χ1) is 7.33. The van der Waals surface area contributed by atoms with Gasteiger partial charge >= 0.3 is 5.97 Å². The molecule has 1 rings (SSSR count). The van der Waals surface area contributed by atoms with Crippen LogP contribution in [0.15, 0.2) is 0 Å². The van der Waals surface area contributed by atoms with Gasteiger partial charge in [-0.3, -0.25) is 4.79 Å². The van der Waals surface area contributed by atoms with Gasteiger partial charge in [0, 0.05) is 19.6 Å².